The lowest BCUT2D eigenvalue weighted by Gasteiger charge is -2.13. The Morgan fingerprint density at radius 1 is 0.652 bits per heavy atom. The van der Waals surface area contributed by atoms with Crippen molar-refractivity contribution in [3.8, 4) is 0 Å². The molecule has 0 saturated heterocycles. The number of fused-ring (bicyclic) bond motifs is 4. The van der Waals surface area contributed by atoms with Gasteiger partial charge in [-0.15, -0.1) is 0 Å². The first kappa shape index (κ1) is 11.4. The molecule has 0 aliphatic heterocycles. The van der Waals surface area contributed by atoms with E-state index in [0.717, 1.165) is 5.65 Å². The van der Waals surface area contributed by atoms with Crippen LogP contribution in [0.5, 0.6) is 0 Å². The molecule has 23 heavy (non-hydrogen) atoms. The number of hydrogen-bond donors (Lipinski definition) is 0. The fourth-order valence-electron chi connectivity index (χ4n) is 4.02. The molecule has 0 atom stereocenters. The first-order valence-corrected chi connectivity index (χ1v) is 7.83. The Hall–Kier alpha value is -3.13. The molecule has 0 fully saturated rings. The average molecular weight is 292 g/mol. The monoisotopic (exact) mass is 292 g/mol. The van der Waals surface area contributed by atoms with Gasteiger partial charge in [-0.25, -0.2) is 4.98 Å². The largest absolute Gasteiger partial charge is 0.292 e. The first-order valence-electron chi connectivity index (χ1n) is 7.83. The molecule has 106 valence electrons. The minimum atomic E-state index is 1.01. The third-order valence-electron chi connectivity index (χ3n) is 4.97. The van der Waals surface area contributed by atoms with Crippen molar-refractivity contribution in [1.29, 1.82) is 0 Å². The Morgan fingerprint density at radius 2 is 1.48 bits per heavy atom. The van der Waals surface area contributed by atoms with Crippen LogP contribution in [0, 0.1) is 0 Å². The van der Waals surface area contributed by atoms with Crippen molar-refractivity contribution in [3.63, 3.8) is 0 Å². The molecule has 0 unspecified atom stereocenters. The minimum absolute atomic E-state index is 1.01. The Balaban J connectivity index is 2.10. The highest BCUT2D eigenvalue weighted by Gasteiger charge is 2.14. The number of pyridine rings is 2. The second kappa shape index (κ2) is 3.79. The topological polar surface area (TPSA) is 17.3 Å². The highest BCUT2D eigenvalue weighted by Crippen LogP contribution is 2.38. The van der Waals surface area contributed by atoms with Crippen molar-refractivity contribution < 1.29 is 0 Å². The fourth-order valence-corrected chi connectivity index (χ4v) is 4.02. The molecule has 2 nitrogen and oxygen atoms in total. The van der Waals surface area contributed by atoms with Gasteiger partial charge in [-0.1, -0.05) is 48.5 Å². The Morgan fingerprint density at radius 3 is 2.48 bits per heavy atom. The van der Waals surface area contributed by atoms with Gasteiger partial charge < -0.3 is 0 Å². The normalized spacial score (nSPS) is 12.3. The standard InChI is InChI=1S/C21H12N2/c1-2-6-14-13(5-1)11-17-19-12-22-20-10-4-9-18(23(19)20)16-8-3-7-15(14)21(16)17/h1-12H. The van der Waals surface area contributed by atoms with Gasteiger partial charge in [0.25, 0.3) is 0 Å². The second-order valence-electron chi connectivity index (χ2n) is 6.12. The lowest BCUT2D eigenvalue weighted by atomic mass is 9.95. The highest BCUT2D eigenvalue weighted by atomic mass is 15.0. The number of nitrogens with zero attached hydrogens (tertiary/aromatic N) is 2. The van der Waals surface area contributed by atoms with E-state index < -0.39 is 0 Å². The van der Waals surface area contributed by atoms with Gasteiger partial charge >= 0.3 is 0 Å². The van der Waals surface area contributed by atoms with Crippen LogP contribution in [0.3, 0.4) is 0 Å². The van der Waals surface area contributed by atoms with Crippen LogP contribution in [0.25, 0.3) is 49.0 Å². The van der Waals surface area contributed by atoms with E-state index in [1.54, 1.807) is 0 Å². The zero-order valence-electron chi connectivity index (χ0n) is 12.3. The molecule has 3 aromatic carbocycles. The van der Waals surface area contributed by atoms with Crippen LogP contribution >= 0.6 is 0 Å². The Labute approximate surface area is 131 Å². The predicted molar refractivity (Wildman–Crippen MR) is 96.4 cm³/mol. The molecule has 0 aliphatic rings. The Kier molecular flexibility index (Phi) is 1.89. The van der Waals surface area contributed by atoms with E-state index >= 15 is 0 Å². The predicted octanol–water partition coefficient (Wildman–Crippen LogP) is 5.38. The van der Waals surface area contributed by atoms with Crippen LogP contribution < -0.4 is 0 Å². The third-order valence-corrected chi connectivity index (χ3v) is 4.97. The fraction of sp³-hybridized carbons (Fsp3) is 0. The number of imidazole rings is 1. The number of rotatable bonds is 0. The molecule has 0 bridgehead atoms. The van der Waals surface area contributed by atoms with Gasteiger partial charge in [0, 0.05) is 16.2 Å². The SMILES string of the molecule is c1ccc2c(c1)cc1c3c2cccc3c2cccc3ncc1n32. The van der Waals surface area contributed by atoms with Gasteiger partial charge in [0.05, 0.1) is 17.2 Å². The lowest BCUT2D eigenvalue weighted by molar-refractivity contribution is 1.30. The summed E-state index contributed by atoms with van der Waals surface area (Å²) in [5, 5.41) is 7.82. The van der Waals surface area contributed by atoms with Crippen molar-refractivity contribution >= 4 is 49.0 Å². The van der Waals surface area contributed by atoms with E-state index in [2.05, 4.69) is 76.1 Å². The molecule has 2 heteroatoms. The van der Waals surface area contributed by atoms with Gasteiger partial charge in [0.1, 0.15) is 5.65 Å². The maximum atomic E-state index is 4.60. The van der Waals surface area contributed by atoms with Crippen molar-refractivity contribution in [1.82, 2.24) is 9.38 Å². The van der Waals surface area contributed by atoms with E-state index in [1.807, 2.05) is 6.20 Å². The van der Waals surface area contributed by atoms with Gasteiger partial charge in [0.2, 0.25) is 0 Å². The number of benzene rings is 3. The first-order chi connectivity index (χ1) is 11.4. The van der Waals surface area contributed by atoms with Crippen LogP contribution in [0.2, 0.25) is 0 Å². The molecule has 6 aromatic rings. The zero-order chi connectivity index (χ0) is 15.0. The smallest absolute Gasteiger partial charge is 0.137 e. The maximum absolute atomic E-state index is 4.60. The summed E-state index contributed by atoms with van der Waals surface area (Å²) in [5.74, 6) is 0. The van der Waals surface area contributed by atoms with Crippen molar-refractivity contribution in [2.24, 2.45) is 0 Å². The summed E-state index contributed by atoms with van der Waals surface area (Å²) < 4.78 is 2.27. The quantitative estimate of drug-likeness (QED) is 0.271. The maximum Gasteiger partial charge on any atom is 0.137 e. The summed E-state index contributed by atoms with van der Waals surface area (Å²) in [7, 11) is 0. The lowest BCUT2D eigenvalue weighted by Crippen LogP contribution is -1.93. The van der Waals surface area contributed by atoms with E-state index in [0.29, 0.717) is 0 Å². The summed E-state index contributed by atoms with van der Waals surface area (Å²) in [5.41, 5.74) is 3.42. The number of aromatic nitrogens is 2. The molecule has 0 radical (unpaired) electrons. The zero-order valence-corrected chi connectivity index (χ0v) is 12.3. The molecule has 0 amide bonds. The molecule has 3 aromatic heterocycles. The highest BCUT2D eigenvalue weighted by molar-refractivity contribution is 6.27. The molecule has 6 rings (SSSR count). The Bertz CT molecular complexity index is 1360. The van der Waals surface area contributed by atoms with Crippen LogP contribution in [0.4, 0.5) is 0 Å². The summed E-state index contributed by atoms with van der Waals surface area (Å²) >= 11 is 0. The third kappa shape index (κ3) is 1.28. The van der Waals surface area contributed by atoms with Crippen LogP contribution in [0.15, 0.2) is 72.9 Å². The van der Waals surface area contributed by atoms with Crippen molar-refractivity contribution in [2.75, 3.05) is 0 Å². The van der Waals surface area contributed by atoms with Crippen molar-refractivity contribution in [3.05, 3.63) is 72.9 Å². The molecule has 0 aliphatic carbocycles. The summed E-state index contributed by atoms with van der Waals surface area (Å²) in [4.78, 5) is 4.60. The number of hydrogen-bond acceptors (Lipinski definition) is 1. The molecule has 0 saturated carbocycles. The molecule has 0 N–H and O–H groups in total. The van der Waals surface area contributed by atoms with Gasteiger partial charge in [0.15, 0.2) is 0 Å². The molecule has 0 spiro atoms. The van der Waals surface area contributed by atoms with Crippen LogP contribution in [0.1, 0.15) is 0 Å². The van der Waals surface area contributed by atoms with Gasteiger partial charge in [-0.2, -0.15) is 0 Å². The van der Waals surface area contributed by atoms with E-state index in [1.165, 1.54) is 43.4 Å². The molecular weight excluding hydrogens is 280 g/mol. The summed E-state index contributed by atoms with van der Waals surface area (Å²) in [6.45, 7) is 0. The molecular formula is C21H12N2. The minimum Gasteiger partial charge on any atom is -0.292 e. The van der Waals surface area contributed by atoms with E-state index in [-0.39, 0.29) is 0 Å². The van der Waals surface area contributed by atoms with E-state index in [9.17, 15) is 0 Å². The van der Waals surface area contributed by atoms with Crippen LogP contribution in [-0.4, -0.2) is 9.38 Å². The van der Waals surface area contributed by atoms with E-state index in [4.69, 9.17) is 0 Å². The van der Waals surface area contributed by atoms with Crippen molar-refractivity contribution in [2.45, 2.75) is 0 Å². The summed E-state index contributed by atoms with van der Waals surface area (Å²) in [6.07, 6.45) is 2.00. The second-order valence-corrected chi connectivity index (χ2v) is 6.12. The average Bonchev–Trinajstić information content (AvgIpc) is 3.04. The van der Waals surface area contributed by atoms with Gasteiger partial charge in [-0.05, 0) is 34.4 Å². The van der Waals surface area contributed by atoms with Gasteiger partial charge in [-0.3, -0.25) is 4.40 Å². The molecule has 3 heterocycles. The summed E-state index contributed by atoms with van der Waals surface area (Å²) in [6, 6.07) is 23.9. The van der Waals surface area contributed by atoms with Crippen LogP contribution in [-0.2, 0) is 0 Å².